The first-order valence-corrected chi connectivity index (χ1v) is 4.51. The molecular weight excluding hydrogens is 138 g/mol. The first-order chi connectivity index (χ1) is 5.24. The van der Waals surface area contributed by atoms with E-state index in [4.69, 9.17) is 5.11 Å². The Balaban J connectivity index is 2.33. The van der Waals surface area contributed by atoms with Crippen molar-refractivity contribution in [2.45, 2.75) is 31.7 Å². The lowest BCUT2D eigenvalue weighted by Crippen LogP contribution is -2.34. The summed E-state index contributed by atoms with van der Waals surface area (Å²) in [5, 5.41) is 8.97. The van der Waals surface area contributed by atoms with E-state index in [1.165, 1.54) is 25.7 Å². The van der Waals surface area contributed by atoms with Gasteiger partial charge in [-0.15, -0.1) is 0 Å². The molecule has 0 aromatic carbocycles. The van der Waals surface area contributed by atoms with E-state index in [1.54, 1.807) is 0 Å². The van der Waals surface area contributed by atoms with Crippen molar-refractivity contribution in [3.63, 3.8) is 0 Å². The Bertz CT molecular complexity index is 114. The summed E-state index contributed by atoms with van der Waals surface area (Å²) in [6.45, 7) is 0.379. The lowest BCUT2D eigenvalue weighted by atomic mass is 9.86. The van der Waals surface area contributed by atoms with Crippen LogP contribution >= 0.6 is 0 Å². The SMILES string of the molecule is CN(C)C1CCCC(CO)C1. The van der Waals surface area contributed by atoms with Crippen molar-refractivity contribution in [2.24, 2.45) is 5.92 Å². The molecule has 0 radical (unpaired) electrons. The Kier molecular flexibility index (Phi) is 3.34. The van der Waals surface area contributed by atoms with Gasteiger partial charge in [0, 0.05) is 12.6 Å². The lowest BCUT2D eigenvalue weighted by molar-refractivity contribution is 0.132. The van der Waals surface area contributed by atoms with Crippen molar-refractivity contribution in [1.29, 1.82) is 0 Å². The average Bonchev–Trinajstić information content (AvgIpc) is 2.05. The Morgan fingerprint density at radius 2 is 2.09 bits per heavy atom. The quantitative estimate of drug-likeness (QED) is 0.649. The molecule has 1 saturated carbocycles. The summed E-state index contributed by atoms with van der Waals surface area (Å²) in [6.07, 6.45) is 5.00. The molecule has 0 heterocycles. The topological polar surface area (TPSA) is 23.5 Å². The van der Waals surface area contributed by atoms with Gasteiger partial charge in [-0.25, -0.2) is 0 Å². The molecule has 2 nitrogen and oxygen atoms in total. The van der Waals surface area contributed by atoms with Crippen LogP contribution in [0, 0.1) is 5.92 Å². The molecule has 66 valence electrons. The molecule has 0 aromatic heterocycles. The Morgan fingerprint density at radius 3 is 2.64 bits per heavy atom. The van der Waals surface area contributed by atoms with Crippen LogP contribution in [0.1, 0.15) is 25.7 Å². The zero-order chi connectivity index (χ0) is 8.27. The Morgan fingerprint density at radius 1 is 1.36 bits per heavy atom. The van der Waals surface area contributed by atoms with Gasteiger partial charge >= 0.3 is 0 Å². The third kappa shape index (κ3) is 2.46. The standard InChI is InChI=1S/C9H19NO/c1-10(2)9-5-3-4-8(6-9)7-11/h8-9,11H,3-7H2,1-2H3. The van der Waals surface area contributed by atoms with Gasteiger partial charge in [0.05, 0.1) is 0 Å². The molecule has 1 rings (SSSR count). The normalized spacial score (nSPS) is 32.7. The molecule has 11 heavy (non-hydrogen) atoms. The second-order valence-electron chi connectivity index (χ2n) is 3.83. The highest BCUT2D eigenvalue weighted by Gasteiger charge is 2.22. The second-order valence-corrected chi connectivity index (χ2v) is 3.83. The van der Waals surface area contributed by atoms with Crippen LogP contribution < -0.4 is 0 Å². The van der Waals surface area contributed by atoms with Gasteiger partial charge < -0.3 is 10.0 Å². The van der Waals surface area contributed by atoms with Gasteiger partial charge in [-0.1, -0.05) is 6.42 Å². The predicted molar refractivity (Wildman–Crippen MR) is 46.5 cm³/mol. The summed E-state index contributed by atoms with van der Waals surface area (Å²) in [4.78, 5) is 2.28. The first-order valence-electron chi connectivity index (χ1n) is 4.51. The molecule has 2 atom stereocenters. The largest absolute Gasteiger partial charge is 0.396 e. The van der Waals surface area contributed by atoms with Crippen molar-refractivity contribution >= 4 is 0 Å². The van der Waals surface area contributed by atoms with Crippen molar-refractivity contribution in [2.75, 3.05) is 20.7 Å². The zero-order valence-electron chi connectivity index (χ0n) is 7.58. The minimum absolute atomic E-state index is 0.379. The lowest BCUT2D eigenvalue weighted by Gasteiger charge is -2.32. The smallest absolute Gasteiger partial charge is 0.0459 e. The molecule has 1 aliphatic rings. The Hall–Kier alpha value is -0.0800. The number of rotatable bonds is 2. The van der Waals surface area contributed by atoms with Crippen molar-refractivity contribution in [3.05, 3.63) is 0 Å². The van der Waals surface area contributed by atoms with E-state index in [9.17, 15) is 0 Å². The number of nitrogens with zero attached hydrogens (tertiary/aromatic N) is 1. The van der Waals surface area contributed by atoms with Gasteiger partial charge in [-0.2, -0.15) is 0 Å². The van der Waals surface area contributed by atoms with E-state index in [1.807, 2.05) is 0 Å². The van der Waals surface area contributed by atoms with Gasteiger partial charge in [0.2, 0.25) is 0 Å². The van der Waals surface area contributed by atoms with Crippen LogP contribution in [0.3, 0.4) is 0 Å². The number of aliphatic hydroxyl groups is 1. The highest BCUT2D eigenvalue weighted by Crippen LogP contribution is 2.25. The number of hydrogen-bond donors (Lipinski definition) is 1. The minimum atomic E-state index is 0.379. The molecule has 0 amide bonds. The van der Waals surface area contributed by atoms with Crippen LogP contribution in [0.4, 0.5) is 0 Å². The van der Waals surface area contributed by atoms with Crippen molar-refractivity contribution < 1.29 is 5.11 Å². The maximum atomic E-state index is 8.97. The first kappa shape index (κ1) is 9.01. The highest BCUT2D eigenvalue weighted by molar-refractivity contribution is 4.76. The summed E-state index contributed by atoms with van der Waals surface area (Å²) in [7, 11) is 4.26. The van der Waals surface area contributed by atoms with Crippen LogP contribution in [0.15, 0.2) is 0 Å². The van der Waals surface area contributed by atoms with Crippen LogP contribution in [0.25, 0.3) is 0 Å². The molecule has 1 N–H and O–H groups in total. The molecule has 0 aromatic rings. The predicted octanol–water partition coefficient (Wildman–Crippen LogP) is 1.10. The minimum Gasteiger partial charge on any atom is -0.396 e. The third-order valence-electron chi connectivity index (χ3n) is 2.74. The molecule has 1 fully saturated rings. The van der Waals surface area contributed by atoms with E-state index in [0.717, 1.165) is 0 Å². The Labute approximate surface area is 69.2 Å². The van der Waals surface area contributed by atoms with Gasteiger partial charge in [-0.3, -0.25) is 0 Å². The molecule has 0 aliphatic heterocycles. The third-order valence-corrected chi connectivity index (χ3v) is 2.74. The van der Waals surface area contributed by atoms with E-state index in [2.05, 4.69) is 19.0 Å². The maximum Gasteiger partial charge on any atom is 0.0459 e. The molecule has 2 unspecified atom stereocenters. The molecule has 0 bridgehead atoms. The molecule has 1 aliphatic carbocycles. The molecule has 0 spiro atoms. The van der Waals surface area contributed by atoms with E-state index in [-0.39, 0.29) is 0 Å². The zero-order valence-corrected chi connectivity index (χ0v) is 7.58. The average molecular weight is 157 g/mol. The van der Waals surface area contributed by atoms with Gasteiger partial charge in [0.1, 0.15) is 0 Å². The van der Waals surface area contributed by atoms with Crippen LogP contribution in [-0.4, -0.2) is 36.8 Å². The summed E-state index contributed by atoms with van der Waals surface area (Å²) in [5.74, 6) is 0.566. The van der Waals surface area contributed by atoms with Gasteiger partial charge in [-0.05, 0) is 39.3 Å². The number of hydrogen-bond acceptors (Lipinski definition) is 2. The van der Waals surface area contributed by atoms with E-state index < -0.39 is 0 Å². The van der Waals surface area contributed by atoms with E-state index >= 15 is 0 Å². The van der Waals surface area contributed by atoms with Gasteiger partial charge in [0.25, 0.3) is 0 Å². The molecular formula is C9H19NO. The fraction of sp³-hybridized carbons (Fsp3) is 1.00. The maximum absolute atomic E-state index is 8.97. The molecule has 2 heteroatoms. The summed E-state index contributed by atoms with van der Waals surface area (Å²) >= 11 is 0. The van der Waals surface area contributed by atoms with E-state index in [0.29, 0.717) is 18.6 Å². The van der Waals surface area contributed by atoms with Crippen LogP contribution in [-0.2, 0) is 0 Å². The monoisotopic (exact) mass is 157 g/mol. The summed E-state index contributed by atoms with van der Waals surface area (Å²) in [6, 6.07) is 0.709. The summed E-state index contributed by atoms with van der Waals surface area (Å²) in [5.41, 5.74) is 0. The van der Waals surface area contributed by atoms with Crippen molar-refractivity contribution in [1.82, 2.24) is 4.90 Å². The van der Waals surface area contributed by atoms with Crippen molar-refractivity contribution in [3.8, 4) is 0 Å². The van der Waals surface area contributed by atoms with Crippen LogP contribution in [0.2, 0.25) is 0 Å². The highest BCUT2D eigenvalue weighted by atomic mass is 16.3. The fourth-order valence-electron chi connectivity index (χ4n) is 1.90. The second kappa shape index (κ2) is 4.07. The summed E-state index contributed by atoms with van der Waals surface area (Å²) < 4.78 is 0. The van der Waals surface area contributed by atoms with Crippen LogP contribution in [0.5, 0.6) is 0 Å². The number of aliphatic hydroxyl groups excluding tert-OH is 1. The fourth-order valence-corrected chi connectivity index (χ4v) is 1.90. The van der Waals surface area contributed by atoms with Gasteiger partial charge in [0.15, 0.2) is 0 Å². The molecule has 0 saturated heterocycles.